The van der Waals surface area contributed by atoms with E-state index >= 15 is 0 Å². The van der Waals surface area contributed by atoms with E-state index in [9.17, 15) is 0 Å². The predicted octanol–water partition coefficient (Wildman–Crippen LogP) is 1.32. The first-order valence-electron chi connectivity index (χ1n) is 4.76. The molecule has 0 aliphatic carbocycles. The van der Waals surface area contributed by atoms with Crippen molar-refractivity contribution < 1.29 is 9.52 Å². The van der Waals surface area contributed by atoms with Crippen molar-refractivity contribution in [2.24, 2.45) is 0 Å². The van der Waals surface area contributed by atoms with Crippen LogP contribution in [0.25, 0.3) is 0 Å². The van der Waals surface area contributed by atoms with Crippen LogP contribution in [0, 0.1) is 0 Å². The van der Waals surface area contributed by atoms with Crippen molar-refractivity contribution in [3.8, 4) is 0 Å². The molecule has 0 atom stereocenters. The van der Waals surface area contributed by atoms with Gasteiger partial charge in [0.15, 0.2) is 0 Å². The van der Waals surface area contributed by atoms with Crippen molar-refractivity contribution in [3.63, 3.8) is 0 Å². The van der Waals surface area contributed by atoms with E-state index in [-0.39, 0.29) is 6.61 Å². The number of aromatic nitrogens is 1. The standard InChI is InChI=1S/C10H14N2O2/c1-8-2-4-12(5-3-8)10-11-9(6-13)7-14-10/h7,13H,1-6H2. The quantitative estimate of drug-likeness (QED) is 0.721. The molecule has 2 heterocycles. The summed E-state index contributed by atoms with van der Waals surface area (Å²) in [7, 11) is 0. The molecular weight excluding hydrogens is 180 g/mol. The minimum absolute atomic E-state index is 0.0654. The van der Waals surface area contributed by atoms with Crippen LogP contribution < -0.4 is 4.90 Å². The molecule has 1 saturated heterocycles. The van der Waals surface area contributed by atoms with E-state index in [1.54, 1.807) is 0 Å². The SMILES string of the molecule is C=C1CCN(c2nc(CO)co2)CC1. The first kappa shape index (κ1) is 9.27. The van der Waals surface area contributed by atoms with Gasteiger partial charge in [0.05, 0.1) is 6.61 Å². The highest BCUT2D eigenvalue weighted by atomic mass is 16.4. The number of aliphatic hydroxyl groups is 1. The van der Waals surface area contributed by atoms with Crippen LogP contribution in [0.5, 0.6) is 0 Å². The summed E-state index contributed by atoms with van der Waals surface area (Å²) in [6, 6.07) is 0.613. The van der Waals surface area contributed by atoms with Crippen LogP contribution in [0.2, 0.25) is 0 Å². The van der Waals surface area contributed by atoms with Crippen molar-refractivity contribution >= 4 is 6.01 Å². The van der Waals surface area contributed by atoms with Crippen LogP contribution >= 0.6 is 0 Å². The maximum Gasteiger partial charge on any atom is 0.297 e. The summed E-state index contributed by atoms with van der Waals surface area (Å²) in [5, 5.41) is 8.84. The van der Waals surface area contributed by atoms with Crippen LogP contribution in [0.3, 0.4) is 0 Å². The molecule has 1 aromatic heterocycles. The number of oxazole rings is 1. The van der Waals surface area contributed by atoms with Gasteiger partial charge in [-0.2, -0.15) is 4.98 Å². The molecule has 1 aliphatic rings. The Bertz CT molecular complexity index is 323. The summed E-state index contributed by atoms with van der Waals surface area (Å²) in [6.45, 7) is 5.69. The zero-order valence-corrected chi connectivity index (χ0v) is 8.07. The number of hydrogen-bond acceptors (Lipinski definition) is 4. The van der Waals surface area contributed by atoms with Crippen LogP contribution in [0.1, 0.15) is 18.5 Å². The zero-order chi connectivity index (χ0) is 9.97. The minimum Gasteiger partial charge on any atom is -0.432 e. The Morgan fingerprint density at radius 2 is 2.21 bits per heavy atom. The van der Waals surface area contributed by atoms with Crippen LogP contribution in [-0.4, -0.2) is 23.2 Å². The molecule has 4 heteroatoms. The maximum absolute atomic E-state index is 8.84. The molecule has 0 bridgehead atoms. The number of rotatable bonds is 2. The topological polar surface area (TPSA) is 49.5 Å². The van der Waals surface area contributed by atoms with Gasteiger partial charge >= 0.3 is 0 Å². The summed E-state index contributed by atoms with van der Waals surface area (Å²) >= 11 is 0. The number of aliphatic hydroxyl groups excluding tert-OH is 1. The van der Waals surface area contributed by atoms with Crippen molar-refractivity contribution in [1.82, 2.24) is 4.98 Å². The van der Waals surface area contributed by atoms with E-state index in [0.29, 0.717) is 11.7 Å². The lowest BCUT2D eigenvalue weighted by Crippen LogP contribution is -2.30. The van der Waals surface area contributed by atoms with Gasteiger partial charge in [-0.25, -0.2) is 0 Å². The highest BCUT2D eigenvalue weighted by Gasteiger charge is 2.17. The van der Waals surface area contributed by atoms with Crippen LogP contribution in [0.4, 0.5) is 6.01 Å². The molecule has 1 aliphatic heterocycles. The van der Waals surface area contributed by atoms with Gasteiger partial charge in [-0.3, -0.25) is 0 Å². The van der Waals surface area contributed by atoms with Gasteiger partial charge < -0.3 is 14.4 Å². The van der Waals surface area contributed by atoms with E-state index in [0.717, 1.165) is 25.9 Å². The van der Waals surface area contributed by atoms with Crippen LogP contribution in [-0.2, 0) is 6.61 Å². The van der Waals surface area contributed by atoms with Crippen molar-refractivity contribution in [1.29, 1.82) is 0 Å². The third-order valence-corrected chi connectivity index (χ3v) is 2.44. The van der Waals surface area contributed by atoms with Gasteiger partial charge in [-0.15, -0.1) is 0 Å². The lowest BCUT2D eigenvalue weighted by Gasteiger charge is -2.26. The molecular formula is C10H14N2O2. The predicted molar refractivity (Wildman–Crippen MR) is 53.0 cm³/mol. The van der Waals surface area contributed by atoms with Crippen molar-refractivity contribution in [2.45, 2.75) is 19.4 Å². The second-order valence-electron chi connectivity index (χ2n) is 3.52. The summed E-state index contributed by atoms with van der Waals surface area (Å²) in [5.41, 5.74) is 1.87. The number of nitrogens with zero attached hydrogens (tertiary/aromatic N) is 2. The molecule has 0 unspecified atom stereocenters. The maximum atomic E-state index is 8.84. The van der Waals surface area contributed by atoms with E-state index in [4.69, 9.17) is 9.52 Å². The third-order valence-electron chi connectivity index (χ3n) is 2.44. The highest BCUT2D eigenvalue weighted by Crippen LogP contribution is 2.20. The Morgan fingerprint density at radius 1 is 1.50 bits per heavy atom. The Balaban J connectivity index is 2.04. The first-order valence-corrected chi connectivity index (χ1v) is 4.76. The van der Waals surface area contributed by atoms with Gasteiger partial charge in [0.25, 0.3) is 6.01 Å². The summed E-state index contributed by atoms with van der Waals surface area (Å²) < 4.78 is 5.26. The van der Waals surface area contributed by atoms with Crippen molar-refractivity contribution in [3.05, 3.63) is 24.1 Å². The van der Waals surface area contributed by atoms with Gasteiger partial charge in [0, 0.05) is 13.1 Å². The van der Waals surface area contributed by atoms with Crippen LogP contribution in [0.15, 0.2) is 22.8 Å². The summed E-state index contributed by atoms with van der Waals surface area (Å²) in [6.07, 6.45) is 3.49. The zero-order valence-electron chi connectivity index (χ0n) is 8.07. The molecule has 2 rings (SSSR count). The lowest BCUT2D eigenvalue weighted by molar-refractivity contribution is 0.276. The average Bonchev–Trinajstić information content (AvgIpc) is 2.67. The Morgan fingerprint density at radius 3 is 2.79 bits per heavy atom. The molecule has 0 radical (unpaired) electrons. The Hall–Kier alpha value is -1.29. The number of hydrogen-bond donors (Lipinski definition) is 1. The second kappa shape index (κ2) is 3.84. The molecule has 1 aromatic rings. The fourth-order valence-corrected chi connectivity index (χ4v) is 1.53. The van der Waals surface area contributed by atoms with Gasteiger partial charge in [0.1, 0.15) is 12.0 Å². The molecule has 14 heavy (non-hydrogen) atoms. The largest absolute Gasteiger partial charge is 0.432 e. The Labute approximate surface area is 82.9 Å². The second-order valence-corrected chi connectivity index (χ2v) is 3.52. The first-order chi connectivity index (χ1) is 6.79. The molecule has 76 valence electrons. The van der Waals surface area contributed by atoms with E-state index < -0.39 is 0 Å². The third kappa shape index (κ3) is 1.80. The molecule has 0 spiro atoms. The molecule has 0 aromatic carbocycles. The normalized spacial score (nSPS) is 17.5. The minimum atomic E-state index is -0.0654. The molecule has 1 N–H and O–H groups in total. The fraction of sp³-hybridized carbons (Fsp3) is 0.500. The molecule has 4 nitrogen and oxygen atoms in total. The van der Waals surface area contributed by atoms with Gasteiger partial charge in [-0.05, 0) is 12.8 Å². The summed E-state index contributed by atoms with van der Waals surface area (Å²) in [5.74, 6) is 0. The molecule has 0 amide bonds. The highest BCUT2D eigenvalue weighted by molar-refractivity contribution is 5.29. The van der Waals surface area contributed by atoms with E-state index in [1.165, 1.54) is 11.8 Å². The number of piperidine rings is 1. The Kier molecular flexibility index (Phi) is 2.54. The lowest BCUT2D eigenvalue weighted by atomic mass is 10.1. The molecule has 0 saturated carbocycles. The fourth-order valence-electron chi connectivity index (χ4n) is 1.53. The van der Waals surface area contributed by atoms with E-state index in [1.807, 2.05) is 0 Å². The summed E-state index contributed by atoms with van der Waals surface area (Å²) in [4.78, 5) is 6.23. The number of anilines is 1. The van der Waals surface area contributed by atoms with E-state index in [2.05, 4.69) is 16.5 Å². The van der Waals surface area contributed by atoms with Gasteiger partial charge in [0.2, 0.25) is 0 Å². The molecule has 1 fully saturated rings. The average molecular weight is 194 g/mol. The van der Waals surface area contributed by atoms with Gasteiger partial charge in [-0.1, -0.05) is 12.2 Å². The smallest absolute Gasteiger partial charge is 0.297 e. The monoisotopic (exact) mass is 194 g/mol. The van der Waals surface area contributed by atoms with Crippen molar-refractivity contribution in [2.75, 3.05) is 18.0 Å².